The monoisotopic (exact) mass is 219 g/mol. The first kappa shape index (κ1) is 12.9. The van der Waals surface area contributed by atoms with Gasteiger partial charge in [-0.15, -0.1) is 0 Å². The minimum absolute atomic E-state index is 0.0647. The van der Waals surface area contributed by atoms with Crippen molar-refractivity contribution in [2.45, 2.75) is 40.2 Å². The van der Waals surface area contributed by atoms with Crippen LogP contribution in [0.1, 0.15) is 41.8 Å². The SMILES string of the molecule is Cc1ccc(C)c(C(=O)[C@H](N)CC(C)C)c1. The minimum Gasteiger partial charge on any atom is -0.321 e. The predicted molar refractivity (Wildman–Crippen MR) is 67.7 cm³/mol. The lowest BCUT2D eigenvalue weighted by Gasteiger charge is -2.14. The van der Waals surface area contributed by atoms with Gasteiger partial charge >= 0.3 is 0 Å². The molecule has 0 saturated carbocycles. The van der Waals surface area contributed by atoms with Crippen molar-refractivity contribution >= 4 is 5.78 Å². The Kier molecular flexibility index (Phi) is 4.25. The van der Waals surface area contributed by atoms with E-state index in [9.17, 15) is 4.79 Å². The first-order chi connectivity index (χ1) is 7.41. The van der Waals surface area contributed by atoms with Gasteiger partial charge in [-0.05, 0) is 37.8 Å². The highest BCUT2D eigenvalue weighted by molar-refractivity contribution is 6.01. The van der Waals surface area contributed by atoms with Crippen molar-refractivity contribution in [1.29, 1.82) is 0 Å². The summed E-state index contributed by atoms with van der Waals surface area (Å²) in [4.78, 5) is 12.1. The fourth-order valence-electron chi connectivity index (χ4n) is 1.82. The van der Waals surface area contributed by atoms with Gasteiger partial charge in [-0.25, -0.2) is 0 Å². The molecule has 1 aromatic carbocycles. The molecule has 88 valence electrons. The first-order valence-electron chi connectivity index (χ1n) is 5.79. The van der Waals surface area contributed by atoms with E-state index in [0.29, 0.717) is 5.92 Å². The van der Waals surface area contributed by atoms with Crippen LogP contribution in [0.3, 0.4) is 0 Å². The summed E-state index contributed by atoms with van der Waals surface area (Å²) in [6.45, 7) is 8.10. The molecule has 0 fully saturated rings. The van der Waals surface area contributed by atoms with Gasteiger partial charge < -0.3 is 5.73 Å². The highest BCUT2D eigenvalue weighted by atomic mass is 16.1. The van der Waals surface area contributed by atoms with Crippen molar-refractivity contribution in [3.63, 3.8) is 0 Å². The molecular formula is C14H21NO. The molecule has 2 heteroatoms. The molecule has 0 heterocycles. The third kappa shape index (κ3) is 3.17. The van der Waals surface area contributed by atoms with Crippen LogP contribution in [-0.4, -0.2) is 11.8 Å². The van der Waals surface area contributed by atoms with Crippen LogP contribution in [0.5, 0.6) is 0 Å². The van der Waals surface area contributed by atoms with E-state index < -0.39 is 0 Å². The number of ketones is 1. The summed E-state index contributed by atoms with van der Waals surface area (Å²) in [7, 11) is 0. The van der Waals surface area contributed by atoms with Crippen LogP contribution in [0.25, 0.3) is 0 Å². The third-order valence-electron chi connectivity index (χ3n) is 2.72. The Morgan fingerprint density at radius 2 is 1.94 bits per heavy atom. The number of hydrogen-bond acceptors (Lipinski definition) is 2. The van der Waals surface area contributed by atoms with Crippen molar-refractivity contribution in [2.75, 3.05) is 0 Å². The summed E-state index contributed by atoms with van der Waals surface area (Å²) in [5.74, 6) is 0.513. The molecule has 0 saturated heterocycles. The van der Waals surface area contributed by atoms with Gasteiger partial charge in [-0.1, -0.05) is 31.5 Å². The van der Waals surface area contributed by atoms with Gasteiger partial charge in [0.2, 0.25) is 0 Å². The maximum atomic E-state index is 12.1. The van der Waals surface area contributed by atoms with Crippen LogP contribution in [0.4, 0.5) is 0 Å². The molecular weight excluding hydrogens is 198 g/mol. The average Bonchev–Trinajstić information content (AvgIpc) is 2.19. The smallest absolute Gasteiger partial charge is 0.179 e. The Morgan fingerprint density at radius 3 is 2.50 bits per heavy atom. The van der Waals surface area contributed by atoms with Crippen molar-refractivity contribution in [2.24, 2.45) is 11.7 Å². The highest BCUT2D eigenvalue weighted by Crippen LogP contribution is 2.15. The molecule has 16 heavy (non-hydrogen) atoms. The van der Waals surface area contributed by atoms with E-state index in [0.717, 1.165) is 23.1 Å². The van der Waals surface area contributed by atoms with Crippen LogP contribution in [0, 0.1) is 19.8 Å². The van der Waals surface area contributed by atoms with Crippen molar-refractivity contribution in [3.05, 3.63) is 34.9 Å². The Labute approximate surface area is 97.9 Å². The molecule has 2 nitrogen and oxygen atoms in total. The summed E-state index contributed by atoms with van der Waals surface area (Å²) in [5, 5.41) is 0. The number of aryl methyl sites for hydroxylation is 2. The highest BCUT2D eigenvalue weighted by Gasteiger charge is 2.18. The lowest BCUT2D eigenvalue weighted by atomic mass is 9.93. The number of carbonyl (C=O) groups is 1. The summed E-state index contributed by atoms with van der Waals surface area (Å²) in [5.41, 5.74) is 8.80. The van der Waals surface area contributed by atoms with Gasteiger partial charge in [0, 0.05) is 5.56 Å². The van der Waals surface area contributed by atoms with Gasteiger partial charge in [-0.3, -0.25) is 4.79 Å². The van der Waals surface area contributed by atoms with Crippen LogP contribution >= 0.6 is 0 Å². The number of hydrogen-bond donors (Lipinski definition) is 1. The normalized spacial score (nSPS) is 12.9. The molecule has 2 N–H and O–H groups in total. The fourth-order valence-corrected chi connectivity index (χ4v) is 1.82. The molecule has 0 bridgehead atoms. The molecule has 0 aliphatic carbocycles. The zero-order valence-electron chi connectivity index (χ0n) is 10.6. The quantitative estimate of drug-likeness (QED) is 0.791. The molecule has 0 amide bonds. The second-order valence-corrected chi connectivity index (χ2v) is 4.92. The number of rotatable bonds is 4. The van der Waals surface area contributed by atoms with E-state index in [1.807, 2.05) is 32.0 Å². The van der Waals surface area contributed by atoms with Crippen molar-refractivity contribution in [3.8, 4) is 0 Å². The summed E-state index contributed by atoms with van der Waals surface area (Å²) in [6.07, 6.45) is 0.742. The summed E-state index contributed by atoms with van der Waals surface area (Å²) in [6, 6.07) is 5.54. The number of benzene rings is 1. The molecule has 1 aromatic rings. The van der Waals surface area contributed by atoms with Crippen LogP contribution in [-0.2, 0) is 0 Å². The van der Waals surface area contributed by atoms with E-state index in [1.165, 1.54) is 0 Å². The minimum atomic E-state index is -0.375. The average molecular weight is 219 g/mol. The molecule has 1 atom stereocenters. The van der Waals surface area contributed by atoms with E-state index in [4.69, 9.17) is 5.73 Å². The molecule has 0 aromatic heterocycles. The number of Topliss-reactive ketones (excluding diaryl/α,β-unsaturated/α-hetero) is 1. The van der Waals surface area contributed by atoms with E-state index >= 15 is 0 Å². The lowest BCUT2D eigenvalue weighted by Crippen LogP contribution is -2.32. The van der Waals surface area contributed by atoms with Crippen molar-refractivity contribution < 1.29 is 4.79 Å². The van der Waals surface area contributed by atoms with E-state index in [2.05, 4.69) is 13.8 Å². The largest absolute Gasteiger partial charge is 0.321 e. The standard InChI is InChI=1S/C14H21NO/c1-9(2)7-13(15)14(16)12-8-10(3)5-6-11(12)4/h5-6,8-9,13H,7,15H2,1-4H3/t13-/m1/s1. The topological polar surface area (TPSA) is 43.1 Å². The third-order valence-corrected chi connectivity index (χ3v) is 2.72. The summed E-state index contributed by atoms with van der Waals surface area (Å²) < 4.78 is 0. The molecule has 0 aliphatic heterocycles. The molecule has 0 spiro atoms. The van der Waals surface area contributed by atoms with Gasteiger partial charge in [0.15, 0.2) is 5.78 Å². The maximum absolute atomic E-state index is 12.1. The van der Waals surface area contributed by atoms with Crippen LogP contribution < -0.4 is 5.73 Å². The molecule has 0 aliphatic rings. The molecule has 1 rings (SSSR count). The van der Waals surface area contributed by atoms with E-state index in [-0.39, 0.29) is 11.8 Å². The van der Waals surface area contributed by atoms with Gasteiger partial charge in [0.25, 0.3) is 0 Å². The zero-order valence-corrected chi connectivity index (χ0v) is 10.6. The number of nitrogens with two attached hydrogens (primary N) is 1. The Balaban J connectivity index is 2.91. The molecule has 0 unspecified atom stereocenters. The predicted octanol–water partition coefficient (Wildman–Crippen LogP) is 2.86. The Morgan fingerprint density at radius 1 is 1.31 bits per heavy atom. The Bertz CT molecular complexity index is 382. The van der Waals surface area contributed by atoms with Gasteiger partial charge in [0.1, 0.15) is 0 Å². The zero-order chi connectivity index (χ0) is 12.3. The van der Waals surface area contributed by atoms with Crippen molar-refractivity contribution in [1.82, 2.24) is 0 Å². The maximum Gasteiger partial charge on any atom is 0.179 e. The van der Waals surface area contributed by atoms with E-state index in [1.54, 1.807) is 0 Å². The van der Waals surface area contributed by atoms with Crippen LogP contribution in [0.15, 0.2) is 18.2 Å². The second kappa shape index (κ2) is 5.26. The van der Waals surface area contributed by atoms with Gasteiger partial charge in [-0.2, -0.15) is 0 Å². The second-order valence-electron chi connectivity index (χ2n) is 4.92. The van der Waals surface area contributed by atoms with Crippen LogP contribution in [0.2, 0.25) is 0 Å². The first-order valence-corrected chi connectivity index (χ1v) is 5.79. The lowest BCUT2D eigenvalue weighted by molar-refractivity contribution is 0.0950. The summed E-state index contributed by atoms with van der Waals surface area (Å²) >= 11 is 0. The fraction of sp³-hybridized carbons (Fsp3) is 0.500. The number of carbonyl (C=O) groups excluding carboxylic acids is 1. The molecule has 0 radical (unpaired) electrons. The van der Waals surface area contributed by atoms with Gasteiger partial charge in [0.05, 0.1) is 6.04 Å². The Hall–Kier alpha value is -1.15.